The first-order valence-electron chi connectivity index (χ1n) is 10.4. The molecule has 0 radical (unpaired) electrons. The Morgan fingerprint density at radius 1 is 0.618 bits per heavy atom. The summed E-state index contributed by atoms with van der Waals surface area (Å²) in [6.45, 7) is 0. The number of hydrogen-bond donors (Lipinski definition) is 0. The second kappa shape index (κ2) is 8.79. The van der Waals surface area contributed by atoms with Gasteiger partial charge in [0.15, 0.2) is 0 Å². The van der Waals surface area contributed by atoms with E-state index in [2.05, 4.69) is 4.98 Å². The van der Waals surface area contributed by atoms with Crippen LogP contribution in [-0.4, -0.2) is 21.8 Å². The lowest BCUT2D eigenvalue weighted by Crippen LogP contribution is -2.09. The second-order valence-electron chi connectivity index (χ2n) is 7.65. The second-order valence-corrected chi connectivity index (χ2v) is 12.6. The minimum atomic E-state index is -3.97. The van der Waals surface area contributed by atoms with Crippen molar-refractivity contribution in [3.63, 3.8) is 0 Å². The first-order valence-corrected chi connectivity index (χ1v) is 14.2. The normalized spacial score (nSPS) is 12.1. The first-order chi connectivity index (χ1) is 16.4. The Hall–Kier alpha value is -3.33. The van der Waals surface area contributed by atoms with E-state index in [1.54, 1.807) is 42.5 Å². The van der Waals surface area contributed by atoms with Crippen LogP contribution in [0.3, 0.4) is 0 Å². The number of rotatable bonds is 6. The van der Waals surface area contributed by atoms with E-state index in [0.717, 1.165) is 15.2 Å². The monoisotopic (exact) mass is 505 g/mol. The molecule has 0 spiro atoms. The van der Waals surface area contributed by atoms with Gasteiger partial charge in [-0.25, -0.2) is 21.8 Å². The Morgan fingerprint density at radius 3 is 1.85 bits per heavy atom. The molecule has 4 aromatic carbocycles. The summed E-state index contributed by atoms with van der Waals surface area (Å²) < 4.78 is 54.7. The van der Waals surface area contributed by atoms with E-state index in [-0.39, 0.29) is 26.0 Å². The van der Waals surface area contributed by atoms with Crippen molar-refractivity contribution in [1.29, 1.82) is 0 Å². The molecule has 0 saturated carbocycles. The van der Waals surface area contributed by atoms with Gasteiger partial charge in [0.2, 0.25) is 19.7 Å². The average molecular weight is 506 g/mol. The highest BCUT2D eigenvalue weighted by atomic mass is 32.2. The number of aromatic nitrogens is 1. The van der Waals surface area contributed by atoms with Gasteiger partial charge in [-0.3, -0.25) is 0 Å². The number of sulfone groups is 2. The summed E-state index contributed by atoms with van der Waals surface area (Å²) in [5.41, 5.74) is 1.34. The van der Waals surface area contributed by atoms with E-state index in [1.807, 2.05) is 24.3 Å². The maximum Gasteiger partial charge on any atom is 0.206 e. The Kier molecular flexibility index (Phi) is 5.81. The molecule has 0 fully saturated rings. The van der Waals surface area contributed by atoms with Gasteiger partial charge >= 0.3 is 0 Å². The molecule has 0 unspecified atom stereocenters. The van der Waals surface area contributed by atoms with E-state index in [0.29, 0.717) is 5.56 Å². The van der Waals surface area contributed by atoms with Crippen LogP contribution in [0.25, 0.3) is 10.2 Å². The lowest BCUT2D eigenvalue weighted by molar-refractivity contribution is 0.593. The SMILES string of the molecule is O=S(=O)(c1ccccc1)c1ccc(Cc2nc3ccccc3s2)c(S(=O)(=O)c2ccccc2)c1. The van der Waals surface area contributed by atoms with Gasteiger partial charge in [-0.1, -0.05) is 54.6 Å². The van der Waals surface area contributed by atoms with Crippen LogP contribution in [-0.2, 0) is 26.1 Å². The predicted molar refractivity (Wildman–Crippen MR) is 133 cm³/mol. The van der Waals surface area contributed by atoms with Crippen LogP contribution < -0.4 is 0 Å². The van der Waals surface area contributed by atoms with Gasteiger partial charge in [0, 0.05) is 6.42 Å². The molecule has 0 N–H and O–H groups in total. The molecule has 0 amide bonds. The molecule has 0 aliphatic carbocycles. The van der Waals surface area contributed by atoms with Crippen LogP contribution in [0.5, 0.6) is 0 Å². The zero-order chi connectivity index (χ0) is 23.8. The molecule has 8 heteroatoms. The van der Waals surface area contributed by atoms with Gasteiger partial charge in [0.05, 0.1) is 34.8 Å². The zero-order valence-electron chi connectivity index (χ0n) is 17.8. The number of nitrogens with zero attached hydrogens (tertiary/aromatic N) is 1. The van der Waals surface area contributed by atoms with Gasteiger partial charge < -0.3 is 0 Å². The lowest BCUT2D eigenvalue weighted by Gasteiger charge is -2.13. The molecule has 34 heavy (non-hydrogen) atoms. The third-order valence-corrected chi connectivity index (χ3v) is 10.1. The number of hydrogen-bond acceptors (Lipinski definition) is 6. The highest BCUT2D eigenvalue weighted by Crippen LogP contribution is 2.32. The molecular weight excluding hydrogens is 486 g/mol. The van der Waals surface area contributed by atoms with Crippen molar-refractivity contribution in [2.45, 2.75) is 26.0 Å². The van der Waals surface area contributed by atoms with Crippen LogP contribution in [0, 0.1) is 0 Å². The number of para-hydroxylation sites is 1. The third-order valence-electron chi connectivity index (χ3n) is 5.43. The molecule has 0 aliphatic rings. The van der Waals surface area contributed by atoms with Gasteiger partial charge in [-0.2, -0.15) is 0 Å². The van der Waals surface area contributed by atoms with Crippen LogP contribution in [0.2, 0.25) is 0 Å². The van der Waals surface area contributed by atoms with Crippen LogP contribution >= 0.6 is 11.3 Å². The molecule has 0 saturated heterocycles. The first kappa shape index (κ1) is 22.5. The fourth-order valence-electron chi connectivity index (χ4n) is 3.72. The summed E-state index contributed by atoms with van der Waals surface area (Å²) in [7, 11) is -7.86. The van der Waals surface area contributed by atoms with Crippen molar-refractivity contribution in [2.24, 2.45) is 0 Å². The van der Waals surface area contributed by atoms with Gasteiger partial charge in [-0.05, 0) is 54.1 Å². The molecular formula is C26H19NO4S3. The fourth-order valence-corrected chi connectivity index (χ4v) is 7.63. The van der Waals surface area contributed by atoms with Crippen molar-refractivity contribution in [3.8, 4) is 0 Å². The minimum absolute atomic E-state index is 0.0324. The molecule has 0 aliphatic heterocycles. The largest absolute Gasteiger partial charge is 0.241 e. The Morgan fingerprint density at radius 2 is 1.21 bits per heavy atom. The molecule has 5 rings (SSSR count). The molecule has 1 aromatic heterocycles. The third kappa shape index (κ3) is 4.16. The zero-order valence-corrected chi connectivity index (χ0v) is 20.3. The number of fused-ring (bicyclic) bond motifs is 1. The molecule has 0 bridgehead atoms. The number of thiazole rings is 1. The van der Waals surface area contributed by atoms with Gasteiger partial charge in [-0.15, -0.1) is 11.3 Å². The van der Waals surface area contributed by atoms with Crippen LogP contribution in [0.4, 0.5) is 0 Å². The summed E-state index contributed by atoms with van der Waals surface area (Å²) in [4.78, 5) is 4.74. The molecule has 170 valence electrons. The maximum atomic E-state index is 13.6. The Balaban J connectivity index is 1.67. The van der Waals surface area contributed by atoms with E-state index < -0.39 is 19.7 Å². The van der Waals surface area contributed by atoms with Crippen molar-refractivity contribution >= 4 is 41.2 Å². The molecule has 1 heterocycles. The summed E-state index contributed by atoms with van der Waals surface area (Å²) in [6, 6.07) is 28.1. The number of benzene rings is 4. The smallest absolute Gasteiger partial charge is 0.206 e. The lowest BCUT2D eigenvalue weighted by atomic mass is 10.1. The van der Waals surface area contributed by atoms with E-state index >= 15 is 0 Å². The van der Waals surface area contributed by atoms with Crippen molar-refractivity contribution in [3.05, 3.63) is 114 Å². The Labute approximate surface area is 202 Å². The summed E-state index contributed by atoms with van der Waals surface area (Å²) >= 11 is 1.49. The highest BCUT2D eigenvalue weighted by molar-refractivity contribution is 7.92. The average Bonchev–Trinajstić information content (AvgIpc) is 3.27. The van der Waals surface area contributed by atoms with Gasteiger partial charge in [0.1, 0.15) is 0 Å². The van der Waals surface area contributed by atoms with Crippen LogP contribution in [0.15, 0.2) is 123 Å². The highest BCUT2D eigenvalue weighted by Gasteiger charge is 2.26. The predicted octanol–water partition coefficient (Wildman–Crippen LogP) is 5.55. The van der Waals surface area contributed by atoms with E-state index in [9.17, 15) is 16.8 Å². The molecule has 0 atom stereocenters. The standard InChI is InChI=1S/C26H19NO4S3/c28-33(29,20-9-3-1-4-10-20)22-16-15-19(17-26-27-23-13-7-8-14-24(23)32-26)25(18-22)34(30,31)21-11-5-2-6-12-21/h1-16,18H,17H2. The minimum Gasteiger partial charge on any atom is -0.241 e. The molecule has 5 aromatic rings. The van der Waals surface area contributed by atoms with Crippen molar-refractivity contribution in [1.82, 2.24) is 4.98 Å². The topological polar surface area (TPSA) is 81.2 Å². The van der Waals surface area contributed by atoms with Crippen molar-refractivity contribution < 1.29 is 16.8 Å². The Bertz CT molecular complexity index is 1660. The van der Waals surface area contributed by atoms with E-state index in [4.69, 9.17) is 0 Å². The molecule has 5 nitrogen and oxygen atoms in total. The summed E-state index contributed by atoms with van der Waals surface area (Å²) in [5.74, 6) is 0. The summed E-state index contributed by atoms with van der Waals surface area (Å²) in [5, 5.41) is 0.754. The quantitative estimate of drug-likeness (QED) is 0.302. The van der Waals surface area contributed by atoms with Gasteiger partial charge in [0.25, 0.3) is 0 Å². The van der Waals surface area contributed by atoms with Crippen LogP contribution in [0.1, 0.15) is 10.6 Å². The maximum absolute atomic E-state index is 13.6. The van der Waals surface area contributed by atoms with Crippen molar-refractivity contribution in [2.75, 3.05) is 0 Å². The fraction of sp³-hybridized carbons (Fsp3) is 0.0385. The summed E-state index contributed by atoms with van der Waals surface area (Å²) in [6.07, 6.45) is 0.270. The van der Waals surface area contributed by atoms with E-state index in [1.165, 1.54) is 47.7 Å².